The molecule has 2 rings (SSSR count). The van der Waals surface area contributed by atoms with Crippen LogP contribution in [0.1, 0.15) is 44.0 Å². The molecule has 0 spiro atoms. The molecule has 0 atom stereocenters. The van der Waals surface area contributed by atoms with E-state index in [4.69, 9.17) is 5.10 Å². The Hall–Kier alpha value is -1.77. The number of hydrogen-bond donors (Lipinski definition) is 1. The van der Waals surface area contributed by atoms with Crippen LogP contribution in [0.15, 0.2) is 24.3 Å². The Bertz CT molecular complexity index is 576. The van der Waals surface area contributed by atoms with E-state index in [1.54, 1.807) is 0 Å². The molecule has 0 aliphatic carbocycles. The largest absolute Gasteiger partial charge is 0.370 e. The third-order valence-corrected chi connectivity index (χ3v) is 3.38. The first kappa shape index (κ1) is 15.6. The number of anilines is 1. The summed E-state index contributed by atoms with van der Waals surface area (Å²) >= 11 is 0. The van der Waals surface area contributed by atoms with Gasteiger partial charge in [0.2, 0.25) is 0 Å². The lowest BCUT2D eigenvalue weighted by Crippen LogP contribution is -2.07. The number of rotatable bonds is 6. The lowest BCUT2D eigenvalue weighted by atomic mass is 10.1. The van der Waals surface area contributed by atoms with Gasteiger partial charge in [0, 0.05) is 12.6 Å². The molecule has 0 radical (unpaired) electrons. The number of nitrogens with zero attached hydrogens (tertiary/aromatic N) is 2. The summed E-state index contributed by atoms with van der Waals surface area (Å²) in [6.07, 6.45) is 2.12. The Balaban J connectivity index is 2.41. The van der Waals surface area contributed by atoms with Gasteiger partial charge >= 0.3 is 0 Å². The molecule has 2 aromatic rings. The van der Waals surface area contributed by atoms with Crippen LogP contribution in [0.5, 0.6) is 0 Å². The van der Waals surface area contributed by atoms with E-state index < -0.39 is 0 Å². The van der Waals surface area contributed by atoms with E-state index >= 15 is 0 Å². The molecule has 114 valence electrons. The maximum atomic E-state index is 4.81. The summed E-state index contributed by atoms with van der Waals surface area (Å²) in [5.74, 6) is 1.71. The van der Waals surface area contributed by atoms with Crippen molar-refractivity contribution in [1.29, 1.82) is 0 Å². The van der Waals surface area contributed by atoms with Crippen molar-refractivity contribution in [2.75, 3.05) is 11.9 Å². The second kappa shape index (κ2) is 6.79. The maximum Gasteiger partial charge on any atom is 0.130 e. The Kier molecular flexibility index (Phi) is 5.05. The summed E-state index contributed by atoms with van der Waals surface area (Å²) in [7, 11) is 0. The third kappa shape index (κ3) is 4.10. The van der Waals surface area contributed by atoms with E-state index in [2.05, 4.69) is 64.2 Å². The second-order valence-electron chi connectivity index (χ2n) is 6.30. The van der Waals surface area contributed by atoms with Crippen molar-refractivity contribution in [2.45, 2.75) is 47.5 Å². The van der Waals surface area contributed by atoms with Gasteiger partial charge in [0.15, 0.2) is 0 Å². The molecule has 0 aliphatic rings. The van der Waals surface area contributed by atoms with E-state index in [1.807, 2.05) is 4.68 Å². The van der Waals surface area contributed by atoms with Gasteiger partial charge in [-0.3, -0.25) is 0 Å². The normalized spacial score (nSPS) is 11.1. The summed E-state index contributed by atoms with van der Waals surface area (Å²) < 4.78 is 2.05. The zero-order valence-corrected chi connectivity index (χ0v) is 13.9. The van der Waals surface area contributed by atoms with Crippen molar-refractivity contribution in [3.63, 3.8) is 0 Å². The smallest absolute Gasteiger partial charge is 0.130 e. The minimum atomic E-state index is 0.617. The van der Waals surface area contributed by atoms with E-state index in [1.165, 1.54) is 11.1 Å². The quantitative estimate of drug-likeness (QED) is 0.846. The number of aryl methyl sites for hydroxylation is 2. The highest BCUT2D eigenvalue weighted by Crippen LogP contribution is 2.21. The lowest BCUT2D eigenvalue weighted by Gasteiger charge is -2.10. The number of nitrogens with one attached hydrogen (secondary N) is 1. The van der Waals surface area contributed by atoms with Crippen LogP contribution in [-0.2, 0) is 6.42 Å². The minimum absolute atomic E-state index is 0.617. The van der Waals surface area contributed by atoms with E-state index in [-0.39, 0.29) is 0 Å². The monoisotopic (exact) mass is 285 g/mol. The molecule has 0 saturated heterocycles. The van der Waals surface area contributed by atoms with Crippen molar-refractivity contribution in [3.8, 4) is 5.69 Å². The lowest BCUT2D eigenvalue weighted by molar-refractivity contribution is 0.628. The molecule has 1 N–H and O–H groups in total. The van der Waals surface area contributed by atoms with Gasteiger partial charge in [0.1, 0.15) is 5.82 Å². The first-order valence-corrected chi connectivity index (χ1v) is 7.91. The zero-order valence-electron chi connectivity index (χ0n) is 13.9. The molecule has 1 aromatic heterocycles. The number of hydrogen-bond acceptors (Lipinski definition) is 2. The second-order valence-corrected chi connectivity index (χ2v) is 6.30. The van der Waals surface area contributed by atoms with Gasteiger partial charge in [-0.1, -0.05) is 26.8 Å². The standard InChI is InChI=1S/C18H27N3/c1-6-7-19-18-12-16(8-13(2)3)20-21(18)17-10-14(4)9-15(5)11-17/h9-13,19H,6-8H2,1-5H3. The number of aromatic nitrogens is 2. The highest BCUT2D eigenvalue weighted by Gasteiger charge is 2.11. The SMILES string of the molecule is CCCNc1cc(CC(C)C)nn1-c1cc(C)cc(C)c1. The van der Waals surface area contributed by atoms with E-state index in [0.29, 0.717) is 5.92 Å². The van der Waals surface area contributed by atoms with Gasteiger partial charge in [0.05, 0.1) is 11.4 Å². The summed E-state index contributed by atoms with van der Waals surface area (Å²) in [6, 6.07) is 8.76. The minimum Gasteiger partial charge on any atom is -0.370 e. The van der Waals surface area contributed by atoms with Crippen LogP contribution < -0.4 is 5.32 Å². The molecule has 3 nitrogen and oxygen atoms in total. The van der Waals surface area contributed by atoms with Crippen LogP contribution in [0.2, 0.25) is 0 Å². The molecule has 0 fully saturated rings. The van der Waals surface area contributed by atoms with Crippen molar-refractivity contribution in [2.24, 2.45) is 5.92 Å². The predicted molar refractivity (Wildman–Crippen MR) is 90.4 cm³/mol. The van der Waals surface area contributed by atoms with Gasteiger partial charge < -0.3 is 5.32 Å². The van der Waals surface area contributed by atoms with Gasteiger partial charge in [-0.2, -0.15) is 5.10 Å². The molecule has 0 aliphatic heterocycles. The van der Waals surface area contributed by atoms with Gasteiger partial charge in [-0.15, -0.1) is 0 Å². The van der Waals surface area contributed by atoms with Crippen LogP contribution in [0.25, 0.3) is 5.69 Å². The van der Waals surface area contributed by atoms with E-state index in [0.717, 1.165) is 36.6 Å². The summed E-state index contributed by atoms with van der Waals surface area (Å²) in [6.45, 7) is 11.9. The first-order chi connectivity index (χ1) is 9.99. The molecular formula is C18H27N3. The predicted octanol–water partition coefficient (Wildman–Crippen LogP) is 4.51. The summed E-state index contributed by atoms with van der Waals surface area (Å²) in [5, 5.41) is 8.30. The van der Waals surface area contributed by atoms with E-state index in [9.17, 15) is 0 Å². The van der Waals surface area contributed by atoms with Crippen LogP contribution in [0.4, 0.5) is 5.82 Å². The molecule has 3 heteroatoms. The Morgan fingerprint density at radius 3 is 2.33 bits per heavy atom. The molecule has 0 saturated carbocycles. The highest BCUT2D eigenvalue weighted by molar-refractivity contribution is 5.48. The summed E-state index contributed by atoms with van der Waals surface area (Å²) in [4.78, 5) is 0. The average Bonchev–Trinajstić information content (AvgIpc) is 2.77. The number of benzene rings is 1. The van der Waals surface area contributed by atoms with Crippen molar-refractivity contribution in [3.05, 3.63) is 41.1 Å². The Morgan fingerprint density at radius 1 is 1.10 bits per heavy atom. The summed E-state index contributed by atoms with van der Waals surface area (Å²) in [5.41, 5.74) is 4.84. The van der Waals surface area contributed by atoms with Crippen molar-refractivity contribution < 1.29 is 0 Å². The molecular weight excluding hydrogens is 258 g/mol. The van der Waals surface area contributed by atoms with Gasteiger partial charge in [-0.25, -0.2) is 4.68 Å². The Labute approximate surface area is 128 Å². The van der Waals surface area contributed by atoms with Crippen LogP contribution in [-0.4, -0.2) is 16.3 Å². The average molecular weight is 285 g/mol. The fourth-order valence-corrected chi connectivity index (χ4v) is 2.60. The van der Waals surface area contributed by atoms with Crippen LogP contribution in [0.3, 0.4) is 0 Å². The van der Waals surface area contributed by atoms with Crippen molar-refractivity contribution in [1.82, 2.24) is 9.78 Å². The highest BCUT2D eigenvalue weighted by atomic mass is 15.3. The first-order valence-electron chi connectivity index (χ1n) is 7.91. The van der Waals surface area contributed by atoms with Crippen LogP contribution >= 0.6 is 0 Å². The van der Waals surface area contributed by atoms with Crippen molar-refractivity contribution >= 4 is 5.82 Å². The van der Waals surface area contributed by atoms with Gasteiger partial charge in [0.25, 0.3) is 0 Å². The molecule has 1 aromatic carbocycles. The third-order valence-electron chi connectivity index (χ3n) is 3.38. The molecule has 21 heavy (non-hydrogen) atoms. The topological polar surface area (TPSA) is 29.9 Å². The fraction of sp³-hybridized carbons (Fsp3) is 0.500. The molecule has 0 amide bonds. The fourth-order valence-electron chi connectivity index (χ4n) is 2.60. The van der Waals surface area contributed by atoms with Gasteiger partial charge in [-0.05, 0) is 55.9 Å². The molecule has 0 bridgehead atoms. The zero-order chi connectivity index (χ0) is 15.4. The maximum absolute atomic E-state index is 4.81. The Morgan fingerprint density at radius 2 is 1.76 bits per heavy atom. The molecule has 1 heterocycles. The molecule has 0 unspecified atom stereocenters. The van der Waals surface area contributed by atoms with Crippen LogP contribution in [0, 0.1) is 19.8 Å².